The Kier molecular flexibility index (Phi) is 5.94. The summed E-state index contributed by atoms with van der Waals surface area (Å²) in [5.74, 6) is 2.35. The van der Waals surface area contributed by atoms with Crippen LogP contribution in [0.3, 0.4) is 0 Å². The average molecular weight is 428 g/mol. The second-order valence-electron chi connectivity index (χ2n) is 7.28. The first-order valence-corrected chi connectivity index (χ1v) is 10.1. The molecule has 3 aromatic carbocycles. The number of amidine groups is 1. The van der Waals surface area contributed by atoms with Crippen LogP contribution in [0.2, 0.25) is 0 Å². The number of carbonyl (C=O) groups excluding carboxylic acids is 1. The molecule has 1 heterocycles. The van der Waals surface area contributed by atoms with E-state index in [4.69, 9.17) is 19.2 Å². The summed E-state index contributed by atoms with van der Waals surface area (Å²) in [7, 11) is 4.80. The van der Waals surface area contributed by atoms with Crippen LogP contribution in [0.4, 0.5) is 5.69 Å². The molecule has 0 unspecified atom stereocenters. The van der Waals surface area contributed by atoms with E-state index in [1.54, 1.807) is 38.4 Å². The number of nitrogens with zero attached hydrogens (tertiary/aromatic N) is 2. The lowest BCUT2D eigenvalue weighted by atomic mass is 10.1. The summed E-state index contributed by atoms with van der Waals surface area (Å²) in [5, 5.41) is 0. The lowest BCUT2D eigenvalue weighted by molar-refractivity contribution is -0.113. The first kappa shape index (κ1) is 21.2. The largest absolute Gasteiger partial charge is 0.497 e. The summed E-state index contributed by atoms with van der Waals surface area (Å²) in [6.45, 7) is 2.01. The molecule has 0 saturated heterocycles. The Bertz CT molecular complexity index is 1200. The maximum absolute atomic E-state index is 13.5. The van der Waals surface area contributed by atoms with Crippen LogP contribution in [-0.4, -0.2) is 33.1 Å². The van der Waals surface area contributed by atoms with Gasteiger partial charge < -0.3 is 14.2 Å². The van der Waals surface area contributed by atoms with Crippen molar-refractivity contribution in [3.8, 4) is 17.2 Å². The summed E-state index contributed by atoms with van der Waals surface area (Å²) >= 11 is 0. The van der Waals surface area contributed by atoms with E-state index in [0.29, 0.717) is 23.0 Å². The third-order valence-electron chi connectivity index (χ3n) is 5.23. The normalized spacial score (nSPS) is 14.5. The molecule has 1 aliphatic rings. The standard InChI is InChI=1S/C26H24N2O4/c1-17-5-10-20(11-6-17)28-25(18-7-12-21(30-2)13-8-18)27-23(26(28)29)15-19-9-14-22(31-3)16-24(19)32-4/h5-16H,1-4H3/b23-15+. The van der Waals surface area contributed by atoms with Crippen molar-refractivity contribution in [1.82, 2.24) is 0 Å². The monoisotopic (exact) mass is 428 g/mol. The van der Waals surface area contributed by atoms with Crippen molar-refractivity contribution in [2.75, 3.05) is 26.2 Å². The van der Waals surface area contributed by atoms with Crippen LogP contribution in [0, 0.1) is 6.92 Å². The highest BCUT2D eigenvalue weighted by Crippen LogP contribution is 2.31. The van der Waals surface area contributed by atoms with Crippen molar-refractivity contribution in [1.29, 1.82) is 0 Å². The summed E-state index contributed by atoms with van der Waals surface area (Å²) in [4.78, 5) is 19.8. The van der Waals surface area contributed by atoms with E-state index in [2.05, 4.69) is 0 Å². The van der Waals surface area contributed by atoms with Gasteiger partial charge in [0.1, 0.15) is 28.8 Å². The maximum Gasteiger partial charge on any atom is 0.282 e. The van der Waals surface area contributed by atoms with Crippen molar-refractivity contribution < 1.29 is 19.0 Å². The topological polar surface area (TPSA) is 60.4 Å². The molecule has 4 rings (SSSR count). The highest BCUT2D eigenvalue weighted by atomic mass is 16.5. The molecule has 0 radical (unpaired) electrons. The van der Waals surface area contributed by atoms with Crippen LogP contribution in [-0.2, 0) is 4.79 Å². The van der Waals surface area contributed by atoms with Crippen LogP contribution in [0.15, 0.2) is 77.4 Å². The van der Waals surface area contributed by atoms with Gasteiger partial charge in [0.15, 0.2) is 0 Å². The number of carbonyl (C=O) groups is 1. The summed E-state index contributed by atoms with van der Waals surface area (Å²) in [6.07, 6.45) is 1.73. The summed E-state index contributed by atoms with van der Waals surface area (Å²) < 4.78 is 16.0. The number of amides is 1. The fourth-order valence-electron chi connectivity index (χ4n) is 3.47. The van der Waals surface area contributed by atoms with Gasteiger partial charge in [0.05, 0.1) is 27.0 Å². The van der Waals surface area contributed by atoms with Gasteiger partial charge in [-0.15, -0.1) is 0 Å². The molecule has 0 aromatic heterocycles. The van der Waals surface area contributed by atoms with Crippen LogP contribution in [0.5, 0.6) is 17.2 Å². The van der Waals surface area contributed by atoms with Crippen LogP contribution < -0.4 is 19.1 Å². The number of aryl methyl sites for hydroxylation is 1. The number of benzene rings is 3. The van der Waals surface area contributed by atoms with E-state index in [-0.39, 0.29) is 5.91 Å². The fraction of sp³-hybridized carbons (Fsp3) is 0.154. The van der Waals surface area contributed by atoms with Crippen LogP contribution >= 0.6 is 0 Å². The second-order valence-corrected chi connectivity index (χ2v) is 7.28. The van der Waals surface area contributed by atoms with Gasteiger partial charge in [-0.3, -0.25) is 9.69 Å². The van der Waals surface area contributed by atoms with Gasteiger partial charge in [-0.25, -0.2) is 4.99 Å². The van der Waals surface area contributed by atoms with E-state index < -0.39 is 0 Å². The predicted molar refractivity (Wildman–Crippen MR) is 126 cm³/mol. The quantitative estimate of drug-likeness (QED) is 0.527. The molecule has 0 aliphatic carbocycles. The molecule has 0 N–H and O–H groups in total. The highest BCUT2D eigenvalue weighted by molar-refractivity contribution is 6.33. The third kappa shape index (κ3) is 4.07. The summed E-state index contributed by atoms with van der Waals surface area (Å²) in [5.41, 5.74) is 3.73. The minimum atomic E-state index is -0.211. The van der Waals surface area contributed by atoms with Crippen molar-refractivity contribution in [3.05, 3.63) is 89.1 Å². The number of methoxy groups -OCH3 is 3. The van der Waals surface area contributed by atoms with Gasteiger partial charge >= 0.3 is 0 Å². The first-order valence-electron chi connectivity index (χ1n) is 10.1. The molecule has 162 valence electrons. The molecule has 0 bridgehead atoms. The molecule has 0 spiro atoms. The Morgan fingerprint density at radius 1 is 0.812 bits per heavy atom. The Morgan fingerprint density at radius 3 is 2.09 bits per heavy atom. The van der Waals surface area contributed by atoms with Gasteiger partial charge in [0.25, 0.3) is 5.91 Å². The molecule has 0 saturated carbocycles. The van der Waals surface area contributed by atoms with Crippen molar-refractivity contribution >= 4 is 23.5 Å². The number of anilines is 1. The highest BCUT2D eigenvalue weighted by Gasteiger charge is 2.32. The molecular formula is C26H24N2O4. The second kappa shape index (κ2) is 8.98. The Hall–Kier alpha value is -4.06. The van der Waals surface area contributed by atoms with Gasteiger partial charge in [-0.05, 0) is 61.5 Å². The maximum atomic E-state index is 13.5. The number of hydrogen-bond acceptors (Lipinski definition) is 5. The summed E-state index contributed by atoms with van der Waals surface area (Å²) in [6, 6.07) is 20.7. The van der Waals surface area contributed by atoms with Crippen molar-refractivity contribution in [2.24, 2.45) is 4.99 Å². The lowest BCUT2D eigenvalue weighted by Gasteiger charge is -2.19. The first-order chi connectivity index (χ1) is 15.5. The van der Waals surface area contributed by atoms with E-state index in [1.165, 1.54) is 0 Å². The molecule has 1 aliphatic heterocycles. The van der Waals surface area contributed by atoms with Crippen molar-refractivity contribution in [3.63, 3.8) is 0 Å². The predicted octanol–water partition coefficient (Wildman–Crippen LogP) is 4.86. The average Bonchev–Trinajstić information content (AvgIpc) is 3.15. The van der Waals surface area contributed by atoms with Gasteiger partial charge in [0.2, 0.25) is 0 Å². The zero-order chi connectivity index (χ0) is 22.7. The van der Waals surface area contributed by atoms with E-state index >= 15 is 0 Å². The molecule has 0 fully saturated rings. The third-order valence-corrected chi connectivity index (χ3v) is 5.23. The molecular weight excluding hydrogens is 404 g/mol. The Labute approximate surface area is 187 Å². The Balaban J connectivity index is 1.81. The number of ether oxygens (including phenoxy) is 3. The van der Waals surface area contributed by atoms with E-state index in [9.17, 15) is 4.79 Å². The van der Waals surface area contributed by atoms with Crippen LogP contribution in [0.1, 0.15) is 16.7 Å². The van der Waals surface area contributed by atoms with Crippen LogP contribution in [0.25, 0.3) is 6.08 Å². The fourth-order valence-corrected chi connectivity index (χ4v) is 3.47. The number of aliphatic imine (C=N–C) groups is 1. The van der Waals surface area contributed by atoms with E-state index in [0.717, 1.165) is 28.1 Å². The molecule has 1 amide bonds. The van der Waals surface area contributed by atoms with Crippen molar-refractivity contribution in [2.45, 2.75) is 6.92 Å². The zero-order valence-corrected chi connectivity index (χ0v) is 18.5. The molecule has 6 heteroatoms. The Morgan fingerprint density at radius 2 is 1.47 bits per heavy atom. The molecule has 6 nitrogen and oxygen atoms in total. The zero-order valence-electron chi connectivity index (χ0n) is 18.5. The SMILES string of the molecule is COc1ccc(C2=N/C(=C/c3ccc(OC)cc3OC)C(=O)N2c2ccc(C)cc2)cc1. The van der Waals surface area contributed by atoms with E-state index in [1.807, 2.05) is 67.6 Å². The van der Waals surface area contributed by atoms with Gasteiger partial charge in [-0.1, -0.05) is 17.7 Å². The smallest absolute Gasteiger partial charge is 0.282 e. The minimum Gasteiger partial charge on any atom is -0.497 e. The molecule has 32 heavy (non-hydrogen) atoms. The lowest BCUT2D eigenvalue weighted by Crippen LogP contribution is -2.32. The number of rotatable bonds is 6. The van der Waals surface area contributed by atoms with Gasteiger partial charge in [0, 0.05) is 17.2 Å². The number of hydrogen-bond donors (Lipinski definition) is 0. The molecule has 0 atom stereocenters. The van der Waals surface area contributed by atoms with Gasteiger partial charge in [-0.2, -0.15) is 0 Å². The minimum absolute atomic E-state index is 0.211. The molecule has 3 aromatic rings.